The van der Waals surface area contributed by atoms with Gasteiger partial charge in [0.15, 0.2) is 0 Å². The lowest BCUT2D eigenvalue weighted by atomic mass is 10.2. The number of urea groups is 1. The zero-order valence-electron chi connectivity index (χ0n) is 11.4. The summed E-state index contributed by atoms with van der Waals surface area (Å²) in [6, 6.07) is -1.16. The summed E-state index contributed by atoms with van der Waals surface area (Å²) in [6.07, 6.45) is -1.00. The molecule has 5 nitrogen and oxygen atoms in total. The first-order chi connectivity index (χ1) is 9.82. The summed E-state index contributed by atoms with van der Waals surface area (Å²) in [4.78, 5) is 24.3. The number of hydrogen-bond donors (Lipinski definition) is 2. The number of alkyl halides is 3. The number of halogens is 3. The quantitative estimate of drug-likeness (QED) is 0.824. The molecule has 2 N–H and O–H groups in total. The van der Waals surface area contributed by atoms with Crippen molar-refractivity contribution in [1.29, 1.82) is 0 Å². The van der Waals surface area contributed by atoms with Gasteiger partial charge in [-0.05, 0) is 37.5 Å². The number of likely N-dealkylation sites (tertiary alicyclic amines) is 1. The number of amides is 3. The molecule has 2 aliphatic carbocycles. The molecule has 1 saturated heterocycles. The highest BCUT2D eigenvalue weighted by Crippen LogP contribution is 2.51. The predicted molar refractivity (Wildman–Crippen MR) is 67.3 cm³/mol. The molecule has 0 bridgehead atoms. The summed E-state index contributed by atoms with van der Waals surface area (Å²) >= 11 is 0. The molecule has 118 valence electrons. The van der Waals surface area contributed by atoms with Crippen LogP contribution in [0.1, 0.15) is 25.7 Å². The van der Waals surface area contributed by atoms with E-state index < -0.39 is 30.7 Å². The van der Waals surface area contributed by atoms with Crippen LogP contribution in [0.3, 0.4) is 0 Å². The lowest BCUT2D eigenvalue weighted by Gasteiger charge is -2.20. The molecule has 2 saturated carbocycles. The van der Waals surface area contributed by atoms with Gasteiger partial charge in [-0.1, -0.05) is 0 Å². The fourth-order valence-electron chi connectivity index (χ4n) is 3.46. The highest BCUT2D eigenvalue weighted by atomic mass is 19.4. The Morgan fingerprint density at radius 1 is 1.19 bits per heavy atom. The molecule has 3 fully saturated rings. The summed E-state index contributed by atoms with van der Waals surface area (Å²) < 4.78 is 36.9. The van der Waals surface area contributed by atoms with E-state index in [1.54, 1.807) is 0 Å². The Morgan fingerprint density at radius 3 is 2.48 bits per heavy atom. The van der Waals surface area contributed by atoms with E-state index in [1.807, 2.05) is 0 Å². The zero-order chi connectivity index (χ0) is 15.2. The molecule has 8 heteroatoms. The second-order valence-electron chi connectivity index (χ2n) is 6.26. The smallest absolute Gasteiger partial charge is 0.335 e. The van der Waals surface area contributed by atoms with Crippen molar-refractivity contribution in [2.75, 3.05) is 13.1 Å². The van der Waals surface area contributed by atoms with Crippen LogP contribution in [0.25, 0.3) is 0 Å². The van der Waals surface area contributed by atoms with E-state index in [1.165, 1.54) is 6.42 Å². The van der Waals surface area contributed by atoms with Crippen LogP contribution in [0.2, 0.25) is 0 Å². The van der Waals surface area contributed by atoms with Crippen molar-refractivity contribution in [2.45, 2.75) is 43.9 Å². The summed E-state index contributed by atoms with van der Waals surface area (Å²) in [7, 11) is 0. The van der Waals surface area contributed by atoms with Crippen molar-refractivity contribution in [2.24, 2.45) is 11.8 Å². The molecule has 0 aromatic rings. The minimum atomic E-state index is -4.41. The maximum atomic E-state index is 12.3. The van der Waals surface area contributed by atoms with Gasteiger partial charge >= 0.3 is 12.2 Å². The fraction of sp³-hybridized carbons (Fsp3) is 0.846. The number of carbonyl (C=O) groups excluding carboxylic acids is 2. The molecule has 0 aromatic heterocycles. The molecule has 0 aromatic carbocycles. The Morgan fingerprint density at radius 2 is 1.86 bits per heavy atom. The van der Waals surface area contributed by atoms with Crippen LogP contribution >= 0.6 is 0 Å². The topological polar surface area (TPSA) is 61.4 Å². The minimum Gasteiger partial charge on any atom is -0.335 e. The SMILES string of the molecule is O=C(NC1CC2CC2C1)NC1CCN(CC(F)(F)F)C1=O. The normalized spacial score (nSPS) is 34.8. The van der Waals surface area contributed by atoms with Crippen molar-refractivity contribution in [3.05, 3.63) is 0 Å². The number of fused-ring (bicyclic) bond motifs is 1. The Bertz CT molecular complexity index is 444. The summed E-state index contributed by atoms with van der Waals surface area (Å²) in [5.41, 5.74) is 0. The summed E-state index contributed by atoms with van der Waals surface area (Å²) in [6.45, 7) is -1.23. The number of nitrogens with zero attached hydrogens (tertiary/aromatic N) is 1. The number of rotatable bonds is 3. The highest BCUT2D eigenvalue weighted by molar-refractivity contribution is 5.88. The van der Waals surface area contributed by atoms with Gasteiger partial charge in [0.2, 0.25) is 5.91 Å². The van der Waals surface area contributed by atoms with Gasteiger partial charge in [0.05, 0.1) is 0 Å². The average Bonchev–Trinajstić information content (AvgIpc) is 2.84. The summed E-state index contributed by atoms with van der Waals surface area (Å²) in [5, 5.41) is 5.30. The first kappa shape index (κ1) is 14.5. The van der Waals surface area contributed by atoms with E-state index in [-0.39, 0.29) is 19.0 Å². The van der Waals surface area contributed by atoms with Gasteiger partial charge in [-0.2, -0.15) is 13.2 Å². The fourth-order valence-corrected chi connectivity index (χ4v) is 3.46. The van der Waals surface area contributed by atoms with E-state index in [0.29, 0.717) is 0 Å². The summed E-state index contributed by atoms with van der Waals surface area (Å²) in [5.74, 6) is 0.799. The first-order valence-electron chi connectivity index (χ1n) is 7.24. The molecule has 3 unspecified atom stereocenters. The number of carbonyl (C=O) groups is 2. The van der Waals surface area contributed by atoms with Crippen molar-refractivity contribution >= 4 is 11.9 Å². The monoisotopic (exact) mass is 305 g/mol. The second-order valence-corrected chi connectivity index (χ2v) is 6.26. The van der Waals surface area contributed by atoms with Gasteiger partial charge in [0.25, 0.3) is 0 Å². The van der Waals surface area contributed by atoms with Gasteiger partial charge in [-0.3, -0.25) is 4.79 Å². The predicted octanol–water partition coefficient (Wildman–Crippen LogP) is 1.25. The van der Waals surface area contributed by atoms with Gasteiger partial charge in [0.1, 0.15) is 12.6 Å². The van der Waals surface area contributed by atoms with Crippen molar-refractivity contribution < 1.29 is 22.8 Å². The maximum Gasteiger partial charge on any atom is 0.406 e. The molecule has 1 aliphatic heterocycles. The average molecular weight is 305 g/mol. The second kappa shape index (κ2) is 5.06. The van der Waals surface area contributed by atoms with Crippen molar-refractivity contribution in [3.63, 3.8) is 0 Å². The highest BCUT2D eigenvalue weighted by Gasteiger charge is 2.46. The van der Waals surface area contributed by atoms with Gasteiger partial charge < -0.3 is 15.5 Å². The van der Waals surface area contributed by atoms with Crippen LogP contribution in [0.15, 0.2) is 0 Å². The lowest BCUT2D eigenvalue weighted by molar-refractivity contribution is -0.157. The third kappa shape index (κ3) is 3.41. The molecule has 21 heavy (non-hydrogen) atoms. The van der Waals surface area contributed by atoms with E-state index in [0.717, 1.165) is 29.6 Å². The van der Waals surface area contributed by atoms with Crippen LogP contribution in [0.4, 0.5) is 18.0 Å². The van der Waals surface area contributed by atoms with Crippen LogP contribution < -0.4 is 10.6 Å². The molecule has 0 spiro atoms. The molecular weight excluding hydrogens is 287 g/mol. The molecule has 1 heterocycles. The Hall–Kier alpha value is -1.47. The van der Waals surface area contributed by atoms with Gasteiger partial charge in [0, 0.05) is 12.6 Å². The van der Waals surface area contributed by atoms with E-state index in [4.69, 9.17) is 0 Å². The number of hydrogen-bond acceptors (Lipinski definition) is 2. The first-order valence-corrected chi connectivity index (χ1v) is 7.24. The Labute approximate surface area is 120 Å². The Balaban J connectivity index is 1.44. The minimum absolute atomic E-state index is 0.0247. The lowest BCUT2D eigenvalue weighted by Crippen LogP contribution is -2.49. The molecule has 0 radical (unpaired) electrons. The third-order valence-electron chi connectivity index (χ3n) is 4.55. The van der Waals surface area contributed by atoms with Gasteiger partial charge in [-0.25, -0.2) is 4.79 Å². The van der Waals surface area contributed by atoms with Crippen LogP contribution in [-0.4, -0.2) is 48.2 Å². The third-order valence-corrected chi connectivity index (χ3v) is 4.55. The maximum absolute atomic E-state index is 12.3. The van der Waals surface area contributed by atoms with Crippen LogP contribution in [0.5, 0.6) is 0 Å². The molecular formula is C13H18F3N3O2. The van der Waals surface area contributed by atoms with E-state index in [9.17, 15) is 22.8 Å². The van der Waals surface area contributed by atoms with Crippen LogP contribution in [-0.2, 0) is 4.79 Å². The zero-order valence-corrected chi connectivity index (χ0v) is 11.4. The Kier molecular flexibility index (Phi) is 3.49. The van der Waals surface area contributed by atoms with Crippen molar-refractivity contribution in [1.82, 2.24) is 15.5 Å². The van der Waals surface area contributed by atoms with Gasteiger partial charge in [-0.15, -0.1) is 0 Å². The largest absolute Gasteiger partial charge is 0.406 e. The molecule has 3 aliphatic rings. The standard InChI is InChI=1S/C13H18F3N3O2/c14-13(15,16)6-19-2-1-10(11(19)20)18-12(21)17-9-4-7-3-8(7)5-9/h7-10H,1-6H2,(H2,17,18,21). The van der Waals surface area contributed by atoms with E-state index in [2.05, 4.69) is 10.6 Å². The molecule has 3 rings (SSSR count). The molecule has 3 atom stereocenters. The number of nitrogens with one attached hydrogen (secondary N) is 2. The van der Waals surface area contributed by atoms with Crippen molar-refractivity contribution in [3.8, 4) is 0 Å². The van der Waals surface area contributed by atoms with Crippen LogP contribution in [0, 0.1) is 11.8 Å². The molecule has 3 amide bonds. The van der Waals surface area contributed by atoms with E-state index >= 15 is 0 Å².